The molecule has 7 nitrogen and oxygen atoms in total. The lowest BCUT2D eigenvalue weighted by atomic mass is 10.1. The second-order valence-corrected chi connectivity index (χ2v) is 5.45. The minimum absolute atomic E-state index is 0.0184. The third-order valence-electron chi connectivity index (χ3n) is 3.10. The van der Waals surface area contributed by atoms with E-state index in [1.165, 1.54) is 12.1 Å². The molecule has 0 radical (unpaired) electrons. The first kappa shape index (κ1) is 18.1. The lowest BCUT2D eigenvalue weighted by Crippen LogP contribution is -2.45. The summed E-state index contributed by atoms with van der Waals surface area (Å²) >= 11 is 11.8. The van der Waals surface area contributed by atoms with Gasteiger partial charge in [-0.05, 0) is 19.1 Å². The molecule has 1 heterocycles. The van der Waals surface area contributed by atoms with Gasteiger partial charge in [-0.15, -0.1) is 0 Å². The average Bonchev–Trinajstić information content (AvgIpc) is 2.55. The van der Waals surface area contributed by atoms with Gasteiger partial charge in [0.05, 0.1) is 40.0 Å². The van der Waals surface area contributed by atoms with E-state index in [4.69, 9.17) is 32.7 Å². The maximum Gasteiger partial charge on any atom is 0.340 e. The van der Waals surface area contributed by atoms with Gasteiger partial charge in [-0.2, -0.15) is 0 Å². The zero-order valence-electron chi connectivity index (χ0n) is 12.7. The summed E-state index contributed by atoms with van der Waals surface area (Å²) in [7, 11) is 0. The molecule has 2 N–H and O–H groups in total. The number of nitrogens with one attached hydrogen (secondary N) is 2. The highest BCUT2D eigenvalue weighted by molar-refractivity contribution is 6.43. The first-order chi connectivity index (χ1) is 11.4. The fourth-order valence-corrected chi connectivity index (χ4v) is 2.32. The molecule has 0 atom stereocenters. The Hall–Kier alpha value is -2.25. The van der Waals surface area contributed by atoms with Crippen molar-refractivity contribution < 1.29 is 23.9 Å². The zero-order chi connectivity index (χ0) is 17.7. The number of hydrogen-bond acceptors (Lipinski definition) is 5. The third kappa shape index (κ3) is 4.18. The largest absolute Gasteiger partial charge is 0.463 e. The van der Waals surface area contributed by atoms with E-state index in [1.54, 1.807) is 13.0 Å². The Morgan fingerprint density at radius 2 is 1.96 bits per heavy atom. The summed E-state index contributed by atoms with van der Waals surface area (Å²) in [6, 6.07) is 4.04. The summed E-state index contributed by atoms with van der Waals surface area (Å²) in [5.74, 6) is -1.33. The van der Waals surface area contributed by atoms with E-state index in [1.807, 2.05) is 0 Å². The molecule has 2 amide bonds. The topological polar surface area (TPSA) is 93.7 Å². The number of amides is 2. The van der Waals surface area contributed by atoms with E-state index in [2.05, 4.69) is 10.6 Å². The average molecular weight is 373 g/mol. The van der Waals surface area contributed by atoms with Gasteiger partial charge in [0.15, 0.2) is 0 Å². The van der Waals surface area contributed by atoms with Gasteiger partial charge in [0.1, 0.15) is 6.61 Å². The number of ether oxygens (including phenoxy) is 2. The van der Waals surface area contributed by atoms with Gasteiger partial charge < -0.3 is 20.1 Å². The van der Waals surface area contributed by atoms with E-state index in [0.717, 1.165) is 0 Å². The van der Waals surface area contributed by atoms with Crippen LogP contribution in [0.2, 0.25) is 10.0 Å². The maximum absolute atomic E-state index is 12.1. The quantitative estimate of drug-likeness (QED) is 0.773. The summed E-state index contributed by atoms with van der Waals surface area (Å²) in [5.41, 5.74) is 0.424. The highest BCUT2D eigenvalue weighted by atomic mass is 35.5. The molecule has 0 saturated carbocycles. The molecule has 0 fully saturated rings. The Bertz CT molecular complexity index is 718. The van der Waals surface area contributed by atoms with Gasteiger partial charge in [0.2, 0.25) is 0 Å². The second-order valence-electron chi connectivity index (χ2n) is 4.66. The number of carbonyl (C=O) groups is 3. The summed E-state index contributed by atoms with van der Waals surface area (Å²) in [6.45, 7) is 1.51. The Labute approximate surface area is 147 Å². The number of halogens is 2. The normalized spacial score (nSPS) is 13.9. The van der Waals surface area contributed by atoms with Crippen LogP contribution in [0.3, 0.4) is 0 Å². The molecule has 1 aromatic rings. The summed E-state index contributed by atoms with van der Waals surface area (Å²) < 4.78 is 10.0. The fraction of sp³-hybridized carbons (Fsp3) is 0.267. The van der Waals surface area contributed by atoms with Crippen molar-refractivity contribution in [3.63, 3.8) is 0 Å². The Morgan fingerprint density at radius 1 is 1.21 bits per heavy atom. The summed E-state index contributed by atoms with van der Waals surface area (Å²) in [6.07, 6.45) is 0. The molecule has 0 unspecified atom stereocenters. The van der Waals surface area contributed by atoms with Crippen molar-refractivity contribution in [2.45, 2.75) is 6.92 Å². The van der Waals surface area contributed by atoms with Crippen molar-refractivity contribution in [3.05, 3.63) is 45.1 Å². The number of hydrogen-bond donors (Lipinski definition) is 2. The molecule has 0 saturated heterocycles. The highest BCUT2D eigenvalue weighted by Crippen LogP contribution is 2.26. The third-order valence-corrected chi connectivity index (χ3v) is 3.91. The van der Waals surface area contributed by atoms with Crippen molar-refractivity contribution in [1.29, 1.82) is 0 Å². The molecule has 0 spiro atoms. The standard InChI is InChI=1S/C15H14Cl2N2O5/c1-2-23-14(21)9-6-18-15(22)19-11(9)7-24-13(20)8-4-3-5-10(16)12(8)17/h3-5H,2,6-7H2,1H3,(H2,18,19,22). The van der Waals surface area contributed by atoms with Crippen LogP contribution in [0, 0.1) is 0 Å². The molecule has 0 aromatic heterocycles. The smallest absolute Gasteiger partial charge is 0.340 e. The van der Waals surface area contributed by atoms with E-state index in [-0.39, 0.29) is 46.6 Å². The van der Waals surface area contributed by atoms with Crippen molar-refractivity contribution in [1.82, 2.24) is 10.6 Å². The molecule has 128 valence electrons. The van der Waals surface area contributed by atoms with Crippen molar-refractivity contribution in [3.8, 4) is 0 Å². The van der Waals surface area contributed by atoms with Crippen LogP contribution in [0.5, 0.6) is 0 Å². The van der Waals surface area contributed by atoms with Gasteiger partial charge in [0, 0.05) is 0 Å². The van der Waals surface area contributed by atoms with Crippen LogP contribution in [0.15, 0.2) is 29.5 Å². The van der Waals surface area contributed by atoms with Crippen molar-refractivity contribution in [2.24, 2.45) is 0 Å². The van der Waals surface area contributed by atoms with E-state index >= 15 is 0 Å². The van der Waals surface area contributed by atoms with E-state index in [9.17, 15) is 14.4 Å². The lowest BCUT2D eigenvalue weighted by molar-refractivity contribution is -0.138. The zero-order valence-corrected chi connectivity index (χ0v) is 14.2. The Morgan fingerprint density at radius 3 is 2.67 bits per heavy atom. The molecular weight excluding hydrogens is 359 g/mol. The lowest BCUT2D eigenvalue weighted by Gasteiger charge is -2.21. The van der Waals surface area contributed by atoms with Crippen LogP contribution in [-0.4, -0.2) is 37.7 Å². The molecule has 0 aliphatic carbocycles. The Kier molecular flexibility index (Phi) is 6.05. The first-order valence-corrected chi connectivity index (χ1v) is 7.74. The minimum atomic E-state index is -0.731. The molecule has 0 bridgehead atoms. The molecule has 24 heavy (non-hydrogen) atoms. The SMILES string of the molecule is CCOC(=O)C1=C(COC(=O)c2cccc(Cl)c2Cl)NC(=O)NC1. The van der Waals surface area contributed by atoms with Crippen LogP contribution in [-0.2, 0) is 14.3 Å². The number of urea groups is 1. The van der Waals surface area contributed by atoms with Crippen LogP contribution in [0.1, 0.15) is 17.3 Å². The predicted molar refractivity (Wildman–Crippen MR) is 86.9 cm³/mol. The minimum Gasteiger partial charge on any atom is -0.463 e. The summed E-state index contributed by atoms with van der Waals surface area (Å²) in [5, 5.41) is 5.16. The summed E-state index contributed by atoms with van der Waals surface area (Å²) in [4.78, 5) is 35.4. The monoisotopic (exact) mass is 372 g/mol. The number of carbonyl (C=O) groups excluding carboxylic acids is 3. The molecule has 1 aliphatic heterocycles. The van der Waals surface area contributed by atoms with Gasteiger partial charge in [0.25, 0.3) is 0 Å². The number of esters is 2. The van der Waals surface area contributed by atoms with E-state index < -0.39 is 18.0 Å². The molecule has 2 rings (SSSR count). The van der Waals surface area contributed by atoms with Gasteiger partial charge in [-0.1, -0.05) is 29.3 Å². The number of rotatable bonds is 5. The van der Waals surface area contributed by atoms with Crippen LogP contribution in [0.25, 0.3) is 0 Å². The van der Waals surface area contributed by atoms with E-state index in [0.29, 0.717) is 0 Å². The fourth-order valence-electron chi connectivity index (χ4n) is 1.95. The predicted octanol–water partition coefficient (Wildman–Crippen LogP) is 2.28. The van der Waals surface area contributed by atoms with Crippen molar-refractivity contribution in [2.75, 3.05) is 19.8 Å². The maximum atomic E-state index is 12.1. The Balaban J connectivity index is 2.15. The highest BCUT2D eigenvalue weighted by Gasteiger charge is 2.25. The van der Waals surface area contributed by atoms with Gasteiger partial charge in [-0.25, -0.2) is 14.4 Å². The second kappa shape index (κ2) is 8.03. The molecule has 1 aliphatic rings. The van der Waals surface area contributed by atoms with Crippen LogP contribution >= 0.6 is 23.2 Å². The van der Waals surface area contributed by atoms with Gasteiger partial charge in [-0.3, -0.25) is 0 Å². The van der Waals surface area contributed by atoms with Crippen LogP contribution in [0.4, 0.5) is 4.79 Å². The molecular formula is C15H14Cl2N2O5. The first-order valence-electron chi connectivity index (χ1n) is 6.99. The van der Waals surface area contributed by atoms with Gasteiger partial charge >= 0.3 is 18.0 Å². The van der Waals surface area contributed by atoms with Crippen LogP contribution < -0.4 is 10.6 Å². The molecule has 9 heteroatoms. The number of benzene rings is 1. The molecule has 1 aromatic carbocycles. The van der Waals surface area contributed by atoms with Crippen molar-refractivity contribution >= 4 is 41.2 Å².